The Hall–Kier alpha value is -1.96. The molecule has 1 aromatic rings. The molecule has 0 bridgehead atoms. The molecule has 1 heterocycles. The van der Waals surface area contributed by atoms with Crippen LogP contribution in [0.15, 0.2) is 6.07 Å². The molecular weight excluding hydrogens is 277 g/mol. The van der Waals surface area contributed by atoms with Gasteiger partial charge in [-0.15, -0.1) is 0 Å². The van der Waals surface area contributed by atoms with Crippen molar-refractivity contribution < 1.29 is 28.2 Å². The molecule has 1 aliphatic heterocycles. The fraction of sp³-hybridized carbons (Fsp3) is 0.417. The van der Waals surface area contributed by atoms with E-state index in [1.54, 1.807) is 0 Å². The summed E-state index contributed by atoms with van der Waals surface area (Å²) in [4.78, 5) is 13.3. The number of aliphatic hydroxyl groups excluding tert-OH is 1. The van der Waals surface area contributed by atoms with Crippen LogP contribution in [0.3, 0.4) is 0 Å². The maximum absolute atomic E-state index is 14.0. The number of carboxylic acid groups (broad SMARTS) is 1. The summed E-state index contributed by atoms with van der Waals surface area (Å²) in [5.74, 6) is -3.67. The number of rotatable bonds is 2. The molecule has 2 N–H and O–H groups in total. The van der Waals surface area contributed by atoms with Crippen LogP contribution in [0.2, 0.25) is 0 Å². The molecule has 8 heteroatoms. The Morgan fingerprint density at radius 3 is 2.25 bits per heavy atom. The minimum absolute atomic E-state index is 0.141. The Balaban J connectivity index is 2.26. The number of hydrogen-bond donors (Lipinski definition) is 2. The van der Waals surface area contributed by atoms with E-state index in [2.05, 4.69) is 0 Å². The molecule has 1 amide bonds. The molecule has 0 atom stereocenters. The number of benzene rings is 1. The second-order valence-electron chi connectivity index (χ2n) is 4.40. The van der Waals surface area contributed by atoms with Crippen molar-refractivity contribution in [1.82, 2.24) is 4.90 Å². The maximum atomic E-state index is 14.0. The highest BCUT2D eigenvalue weighted by Gasteiger charge is 2.26. The van der Waals surface area contributed by atoms with E-state index in [1.165, 1.54) is 4.90 Å². The molecule has 0 saturated carbocycles. The van der Waals surface area contributed by atoms with Gasteiger partial charge in [0.15, 0.2) is 17.5 Å². The lowest BCUT2D eigenvalue weighted by atomic mass is 10.1. The highest BCUT2D eigenvalue weighted by Crippen LogP contribution is 2.28. The van der Waals surface area contributed by atoms with Crippen LogP contribution in [0, 0.1) is 17.5 Å². The molecule has 5 nitrogen and oxygen atoms in total. The smallest absolute Gasteiger partial charge is 0.407 e. The predicted octanol–water partition coefficient (Wildman–Crippen LogP) is 1.40. The minimum atomic E-state index is -1.40. The third-order valence-corrected chi connectivity index (χ3v) is 3.28. The molecule has 0 radical (unpaired) electrons. The van der Waals surface area contributed by atoms with E-state index in [0.717, 1.165) is 11.0 Å². The number of amides is 1. The number of piperazine rings is 1. The second-order valence-corrected chi connectivity index (χ2v) is 4.40. The zero-order valence-electron chi connectivity index (χ0n) is 10.4. The summed E-state index contributed by atoms with van der Waals surface area (Å²) < 4.78 is 40.7. The minimum Gasteiger partial charge on any atom is -0.465 e. The SMILES string of the molecule is O=C(O)N1CCN(c2cc(F)c(F)c(CO)c2F)CC1. The summed E-state index contributed by atoms with van der Waals surface area (Å²) in [7, 11) is 0. The van der Waals surface area contributed by atoms with Gasteiger partial charge in [-0.25, -0.2) is 18.0 Å². The summed E-state index contributed by atoms with van der Waals surface area (Å²) in [6, 6.07) is 0.722. The van der Waals surface area contributed by atoms with Crippen LogP contribution in [0.4, 0.5) is 23.7 Å². The summed E-state index contributed by atoms with van der Waals surface area (Å²) in [6.45, 7) is -0.333. The van der Waals surface area contributed by atoms with E-state index >= 15 is 0 Å². The van der Waals surface area contributed by atoms with E-state index < -0.39 is 35.7 Å². The fourth-order valence-corrected chi connectivity index (χ4v) is 2.15. The summed E-state index contributed by atoms with van der Waals surface area (Å²) in [5.41, 5.74) is -0.890. The normalized spacial score (nSPS) is 15.6. The van der Waals surface area contributed by atoms with E-state index in [0.29, 0.717) is 0 Å². The summed E-state index contributed by atoms with van der Waals surface area (Å²) in [5, 5.41) is 17.7. The van der Waals surface area contributed by atoms with Crippen molar-refractivity contribution in [3.05, 3.63) is 29.1 Å². The molecule has 1 fully saturated rings. The van der Waals surface area contributed by atoms with Crippen LogP contribution >= 0.6 is 0 Å². The standard InChI is InChI=1S/C12H13F3N2O3/c13-8-5-9(11(15)7(6-18)10(8)14)16-1-3-17(4-2-16)12(19)20/h5,18H,1-4,6H2,(H,19,20). The van der Waals surface area contributed by atoms with Gasteiger partial charge in [-0.05, 0) is 0 Å². The van der Waals surface area contributed by atoms with Gasteiger partial charge in [0.2, 0.25) is 0 Å². The van der Waals surface area contributed by atoms with Crippen molar-refractivity contribution in [1.29, 1.82) is 0 Å². The predicted molar refractivity (Wildman–Crippen MR) is 64.0 cm³/mol. The van der Waals surface area contributed by atoms with E-state index in [9.17, 15) is 18.0 Å². The van der Waals surface area contributed by atoms with Gasteiger partial charge in [-0.3, -0.25) is 0 Å². The van der Waals surface area contributed by atoms with Gasteiger partial charge < -0.3 is 20.0 Å². The van der Waals surface area contributed by atoms with Crippen molar-refractivity contribution >= 4 is 11.8 Å². The lowest BCUT2D eigenvalue weighted by Crippen LogP contribution is -2.48. The molecule has 110 valence electrons. The number of hydrogen-bond acceptors (Lipinski definition) is 3. The topological polar surface area (TPSA) is 64.0 Å². The van der Waals surface area contributed by atoms with Gasteiger partial charge >= 0.3 is 6.09 Å². The lowest BCUT2D eigenvalue weighted by molar-refractivity contribution is 0.142. The van der Waals surface area contributed by atoms with E-state index in [4.69, 9.17) is 10.2 Å². The molecule has 20 heavy (non-hydrogen) atoms. The Bertz CT molecular complexity index is 531. The van der Waals surface area contributed by atoms with E-state index in [1.807, 2.05) is 0 Å². The van der Waals surface area contributed by atoms with Crippen LogP contribution < -0.4 is 4.90 Å². The molecule has 0 spiro atoms. The number of aliphatic hydroxyl groups is 1. The highest BCUT2D eigenvalue weighted by atomic mass is 19.2. The third kappa shape index (κ3) is 2.51. The quantitative estimate of drug-likeness (QED) is 0.808. The second kappa shape index (κ2) is 5.58. The molecule has 0 aromatic heterocycles. The molecule has 0 unspecified atom stereocenters. The first kappa shape index (κ1) is 14.4. The maximum Gasteiger partial charge on any atom is 0.407 e. The number of nitrogens with zero attached hydrogens (tertiary/aromatic N) is 2. The van der Waals surface area contributed by atoms with Crippen molar-refractivity contribution in [3.63, 3.8) is 0 Å². The van der Waals surface area contributed by atoms with Crippen LogP contribution in [-0.2, 0) is 6.61 Å². The van der Waals surface area contributed by atoms with Crippen LogP contribution in [-0.4, -0.2) is 47.4 Å². The van der Waals surface area contributed by atoms with Crippen molar-refractivity contribution in [2.45, 2.75) is 6.61 Å². The van der Waals surface area contributed by atoms with Crippen LogP contribution in [0.25, 0.3) is 0 Å². The van der Waals surface area contributed by atoms with Gasteiger partial charge in [0.05, 0.1) is 17.9 Å². The van der Waals surface area contributed by atoms with Gasteiger partial charge in [0.25, 0.3) is 0 Å². The molecule has 1 aromatic carbocycles. The molecule has 0 aliphatic carbocycles. The number of carbonyl (C=O) groups is 1. The molecule has 1 aliphatic rings. The van der Waals surface area contributed by atoms with Gasteiger partial charge in [0, 0.05) is 32.2 Å². The van der Waals surface area contributed by atoms with Crippen LogP contribution in [0.1, 0.15) is 5.56 Å². The Morgan fingerprint density at radius 2 is 1.75 bits per heavy atom. The first-order chi connectivity index (χ1) is 9.45. The van der Waals surface area contributed by atoms with E-state index in [-0.39, 0.29) is 31.9 Å². The Morgan fingerprint density at radius 1 is 1.15 bits per heavy atom. The first-order valence-corrected chi connectivity index (χ1v) is 5.95. The monoisotopic (exact) mass is 290 g/mol. The van der Waals surface area contributed by atoms with Crippen molar-refractivity contribution in [3.8, 4) is 0 Å². The molecule has 1 saturated heterocycles. The Labute approximate surface area is 112 Å². The zero-order valence-corrected chi connectivity index (χ0v) is 10.4. The summed E-state index contributed by atoms with van der Waals surface area (Å²) in [6.07, 6.45) is -1.08. The third-order valence-electron chi connectivity index (χ3n) is 3.28. The van der Waals surface area contributed by atoms with Gasteiger partial charge in [-0.2, -0.15) is 0 Å². The summed E-state index contributed by atoms with van der Waals surface area (Å²) >= 11 is 0. The number of halogens is 3. The average Bonchev–Trinajstić information content (AvgIpc) is 2.43. The largest absolute Gasteiger partial charge is 0.465 e. The number of anilines is 1. The van der Waals surface area contributed by atoms with Gasteiger partial charge in [-0.1, -0.05) is 0 Å². The van der Waals surface area contributed by atoms with Crippen molar-refractivity contribution in [2.24, 2.45) is 0 Å². The first-order valence-electron chi connectivity index (χ1n) is 5.95. The van der Waals surface area contributed by atoms with Crippen LogP contribution in [0.5, 0.6) is 0 Å². The fourth-order valence-electron chi connectivity index (χ4n) is 2.15. The lowest BCUT2D eigenvalue weighted by Gasteiger charge is -2.35. The molecule has 2 rings (SSSR count). The Kier molecular flexibility index (Phi) is 4.03. The zero-order chi connectivity index (χ0) is 14.9. The molecular formula is C12H13F3N2O3. The highest BCUT2D eigenvalue weighted by molar-refractivity contribution is 5.65. The van der Waals surface area contributed by atoms with Gasteiger partial charge in [0.1, 0.15) is 0 Å². The van der Waals surface area contributed by atoms with Crippen molar-refractivity contribution in [2.75, 3.05) is 31.1 Å². The average molecular weight is 290 g/mol.